The highest BCUT2D eigenvalue weighted by atomic mass is 35.5. The van der Waals surface area contributed by atoms with E-state index < -0.39 is 0 Å². The zero-order valence-electron chi connectivity index (χ0n) is 13.1. The predicted molar refractivity (Wildman–Crippen MR) is 95.0 cm³/mol. The lowest BCUT2D eigenvalue weighted by molar-refractivity contribution is 0.102. The summed E-state index contributed by atoms with van der Waals surface area (Å²) in [6.07, 6.45) is 3.90. The van der Waals surface area contributed by atoms with E-state index in [-0.39, 0.29) is 5.91 Å². The van der Waals surface area contributed by atoms with E-state index in [1.165, 1.54) is 24.8 Å². The summed E-state index contributed by atoms with van der Waals surface area (Å²) in [4.78, 5) is 14.8. The highest BCUT2D eigenvalue weighted by Gasteiger charge is 2.12. The van der Waals surface area contributed by atoms with Crippen molar-refractivity contribution in [1.29, 1.82) is 0 Å². The number of amides is 1. The first kappa shape index (κ1) is 16.0. The van der Waals surface area contributed by atoms with Gasteiger partial charge in [0.05, 0.1) is 10.6 Å². The highest BCUT2D eigenvalue weighted by molar-refractivity contribution is 6.34. The molecule has 0 spiro atoms. The number of rotatable bonds is 4. The molecule has 23 heavy (non-hydrogen) atoms. The second-order valence-electron chi connectivity index (χ2n) is 5.97. The molecule has 3 nitrogen and oxygen atoms in total. The van der Waals surface area contributed by atoms with Gasteiger partial charge in [-0.3, -0.25) is 9.69 Å². The maximum absolute atomic E-state index is 12.3. The molecular weight excluding hydrogens is 308 g/mol. The lowest BCUT2D eigenvalue weighted by atomic mass is 10.1. The molecule has 0 aliphatic carbocycles. The lowest BCUT2D eigenvalue weighted by Gasteiger charge is -2.26. The van der Waals surface area contributed by atoms with Gasteiger partial charge in [0, 0.05) is 12.2 Å². The molecule has 0 atom stereocenters. The van der Waals surface area contributed by atoms with Crippen molar-refractivity contribution in [2.24, 2.45) is 0 Å². The molecule has 1 aliphatic rings. The van der Waals surface area contributed by atoms with Gasteiger partial charge in [-0.2, -0.15) is 0 Å². The van der Waals surface area contributed by atoms with Gasteiger partial charge in [0.25, 0.3) is 5.91 Å². The third-order valence-corrected chi connectivity index (χ3v) is 4.49. The van der Waals surface area contributed by atoms with Gasteiger partial charge in [0.2, 0.25) is 0 Å². The van der Waals surface area contributed by atoms with Crippen LogP contribution in [0.5, 0.6) is 0 Å². The Morgan fingerprint density at radius 1 is 1.04 bits per heavy atom. The molecule has 0 aromatic heterocycles. The standard InChI is InChI=1S/C19H21ClN2O/c20-18-10-3-2-9-17(18)19(23)21-16-8-6-7-15(13-16)14-22-11-4-1-5-12-22/h2-3,6-10,13H,1,4-5,11-12,14H2,(H,21,23). The number of likely N-dealkylation sites (tertiary alicyclic amines) is 1. The first-order chi connectivity index (χ1) is 11.2. The number of nitrogens with one attached hydrogen (secondary N) is 1. The summed E-state index contributed by atoms with van der Waals surface area (Å²) in [5.41, 5.74) is 2.53. The molecule has 0 bridgehead atoms. The maximum Gasteiger partial charge on any atom is 0.257 e. The molecule has 0 saturated carbocycles. The van der Waals surface area contributed by atoms with Crippen molar-refractivity contribution in [3.05, 3.63) is 64.7 Å². The number of carbonyl (C=O) groups is 1. The Labute approximate surface area is 142 Å². The molecule has 1 saturated heterocycles. The molecule has 1 aliphatic heterocycles. The summed E-state index contributed by atoms with van der Waals surface area (Å²) in [7, 11) is 0. The molecule has 1 heterocycles. The van der Waals surface area contributed by atoms with Crippen LogP contribution in [0.25, 0.3) is 0 Å². The van der Waals surface area contributed by atoms with E-state index in [2.05, 4.69) is 16.3 Å². The zero-order chi connectivity index (χ0) is 16.1. The van der Waals surface area contributed by atoms with Crippen molar-refractivity contribution >= 4 is 23.2 Å². The molecule has 4 heteroatoms. The van der Waals surface area contributed by atoms with Crippen molar-refractivity contribution in [3.63, 3.8) is 0 Å². The first-order valence-electron chi connectivity index (χ1n) is 8.09. The van der Waals surface area contributed by atoms with E-state index in [9.17, 15) is 4.79 Å². The average molecular weight is 329 g/mol. The van der Waals surface area contributed by atoms with Crippen LogP contribution in [0.3, 0.4) is 0 Å². The van der Waals surface area contributed by atoms with E-state index in [1.54, 1.807) is 12.1 Å². The number of nitrogens with zero attached hydrogens (tertiary/aromatic N) is 1. The van der Waals surface area contributed by atoms with Gasteiger partial charge in [-0.05, 0) is 55.8 Å². The summed E-state index contributed by atoms with van der Waals surface area (Å²) >= 11 is 6.08. The number of hydrogen-bond acceptors (Lipinski definition) is 2. The monoisotopic (exact) mass is 328 g/mol. The van der Waals surface area contributed by atoms with Crippen LogP contribution in [0, 0.1) is 0 Å². The SMILES string of the molecule is O=C(Nc1cccc(CN2CCCCC2)c1)c1ccccc1Cl. The normalized spacial score (nSPS) is 15.3. The van der Waals surface area contributed by atoms with Crippen molar-refractivity contribution in [1.82, 2.24) is 4.90 Å². The molecule has 0 radical (unpaired) electrons. The third kappa shape index (κ3) is 4.34. The summed E-state index contributed by atoms with van der Waals surface area (Å²) in [6.45, 7) is 3.27. The molecular formula is C19H21ClN2O. The van der Waals surface area contributed by atoms with Crippen molar-refractivity contribution in [2.75, 3.05) is 18.4 Å². The van der Waals surface area contributed by atoms with Gasteiger partial charge in [-0.15, -0.1) is 0 Å². The second-order valence-corrected chi connectivity index (χ2v) is 6.38. The Hall–Kier alpha value is -1.84. The van der Waals surface area contributed by atoms with Crippen LogP contribution in [0.1, 0.15) is 35.2 Å². The molecule has 2 aromatic carbocycles. The Kier molecular flexibility index (Phi) is 5.31. The Morgan fingerprint density at radius 3 is 2.61 bits per heavy atom. The number of benzene rings is 2. The molecule has 1 N–H and O–H groups in total. The minimum absolute atomic E-state index is 0.175. The fourth-order valence-electron chi connectivity index (χ4n) is 2.97. The molecule has 1 fully saturated rings. The predicted octanol–water partition coefficient (Wildman–Crippen LogP) is 4.58. The zero-order valence-corrected chi connectivity index (χ0v) is 13.9. The van der Waals surface area contributed by atoms with Gasteiger partial charge in [-0.25, -0.2) is 0 Å². The van der Waals surface area contributed by atoms with Crippen LogP contribution in [0.4, 0.5) is 5.69 Å². The van der Waals surface area contributed by atoms with Crippen LogP contribution in [-0.4, -0.2) is 23.9 Å². The number of hydrogen-bond donors (Lipinski definition) is 1. The Bertz CT molecular complexity index is 681. The number of carbonyl (C=O) groups excluding carboxylic acids is 1. The van der Waals surface area contributed by atoms with Gasteiger partial charge in [0.15, 0.2) is 0 Å². The molecule has 3 rings (SSSR count). The van der Waals surface area contributed by atoms with Crippen LogP contribution < -0.4 is 5.32 Å². The first-order valence-corrected chi connectivity index (χ1v) is 8.47. The molecule has 0 unspecified atom stereocenters. The quantitative estimate of drug-likeness (QED) is 0.891. The van der Waals surface area contributed by atoms with E-state index in [0.29, 0.717) is 10.6 Å². The lowest BCUT2D eigenvalue weighted by Crippen LogP contribution is -2.29. The second kappa shape index (κ2) is 7.62. The van der Waals surface area contributed by atoms with Crippen LogP contribution >= 0.6 is 11.6 Å². The molecule has 120 valence electrons. The van der Waals surface area contributed by atoms with Gasteiger partial charge >= 0.3 is 0 Å². The van der Waals surface area contributed by atoms with Gasteiger partial charge in [-0.1, -0.05) is 42.3 Å². The average Bonchev–Trinajstić information content (AvgIpc) is 2.56. The van der Waals surface area contributed by atoms with Crippen LogP contribution in [0.15, 0.2) is 48.5 Å². The summed E-state index contributed by atoms with van der Waals surface area (Å²) in [6, 6.07) is 15.1. The summed E-state index contributed by atoms with van der Waals surface area (Å²) in [5, 5.41) is 3.40. The van der Waals surface area contributed by atoms with E-state index in [4.69, 9.17) is 11.6 Å². The maximum atomic E-state index is 12.3. The topological polar surface area (TPSA) is 32.3 Å². The molecule has 1 amide bonds. The van der Waals surface area contributed by atoms with Crippen LogP contribution in [0.2, 0.25) is 5.02 Å². The highest BCUT2D eigenvalue weighted by Crippen LogP contribution is 2.19. The summed E-state index contributed by atoms with van der Waals surface area (Å²) in [5.74, 6) is -0.175. The fourth-order valence-corrected chi connectivity index (χ4v) is 3.19. The third-order valence-electron chi connectivity index (χ3n) is 4.16. The minimum atomic E-state index is -0.175. The number of anilines is 1. The fraction of sp³-hybridized carbons (Fsp3) is 0.316. The summed E-state index contributed by atoms with van der Waals surface area (Å²) < 4.78 is 0. The Morgan fingerprint density at radius 2 is 1.83 bits per heavy atom. The van der Waals surface area contributed by atoms with Crippen molar-refractivity contribution in [2.45, 2.75) is 25.8 Å². The smallest absolute Gasteiger partial charge is 0.257 e. The van der Waals surface area contributed by atoms with E-state index in [1.807, 2.05) is 30.3 Å². The van der Waals surface area contributed by atoms with Crippen molar-refractivity contribution < 1.29 is 4.79 Å². The van der Waals surface area contributed by atoms with E-state index >= 15 is 0 Å². The largest absolute Gasteiger partial charge is 0.322 e. The Balaban J connectivity index is 1.67. The van der Waals surface area contributed by atoms with Gasteiger partial charge < -0.3 is 5.32 Å². The molecule has 2 aromatic rings. The van der Waals surface area contributed by atoms with Crippen LogP contribution in [-0.2, 0) is 6.54 Å². The van der Waals surface area contributed by atoms with Gasteiger partial charge in [0.1, 0.15) is 0 Å². The number of halogens is 1. The van der Waals surface area contributed by atoms with Crippen molar-refractivity contribution in [3.8, 4) is 0 Å². The minimum Gasteiger partial charge on any atom is -0.322 e. The van der Waals surface area contributed by atoms with E-state index in [0.717, 1.165) is 25.3 Å². The number of piperidine rings is 1.